The molecule has 0 radical (unpaired) electrons. The van der Waals surface area contributed by atoms with Gasteiger partial charge in [0.05, 0.1) is 5.25 Å². The van der Waals surface area contributed by atoms with Crippen LogP contribution in [-0.4, -0.2) is 51.3 Å². The van der Waals surface area contributed by atoms with E-state index in [1.807, 2.05) is 0 Å². The van der Waals surface area contributed by atoms with Gasteiger partial charge in [0.15, 0.2) is 0 Å². The monoisotopic (exact) mass is 261 g/mol. The first kappa shape index (κ1) is 13.3. The number of nitrogens with two attached hydrogens (primary N) is 1. The lowest BCUT2D eigenvalue weighted by atomic mass is 9.88. The molecule has 2 aliphatic heterocycles. The first-order valence-electron chi connectivity index (χ1n) is 6.34. The zero-order valence-corrected chi connectivity index (χ0v) is 11.3. The first-order valence-corrected chi connectivity index (χ1v) is 7.95. The number of rotatable bonds is 3. The molecule has 2 fully saturated rings. The molecule has 0 aliphatic carbocycles. The fraction of sp³-hybridized carbons (Fsp3) is 1.00. The van der Waals surface area contributed by atoms with Crippen molar-refractivity contribution >= 4 is 10.0 Å². The summed E-state index contributed by atoms with van der Waals surface area (Å²) in [4.78, 5) is 2.27. The van der Waals surface area contributed by atoms with Gasteiger partial charge in [-0.15, -0.1) is 0 Å². The van der Waals surface area contributed by atoms with E-state index < -0.39 is 10.0 Å². The van der Waals surface area contributed by atoms with E-state index in [1.54, 1.807) is 0 Å². The minimum Gasteiger partial charge on any atom is -0.316 e. The van der Waals surface area contributed by atoms with Crippen LogP contribution >= 0.6 is 0 Å². The minimum absolute atomic E-state index is 0.292. The smallest absolute Gasteiger partial charge is 0.213 e. The minimum atomic E-state index is -3.37. The molecule has 0 saturated carbocycles. The van der Waals surface area contributed by atoms with Crippen LogP contribution in [0.2, 0.25) is 0 Å². The topological polar surface area (TPSA) is 75.4 Å². The zero-order valence-electron chi connectivity index (χ0n) is 10.5. The Kier molecular flexibility index (Phi) is 3.77. The van der Waals surface area contributed by atoms with Gasteiger partial charge in [0.2, 0.25) is 10.0 Å². The summed E-state index contributed by atoms with van der Waals surface area (Å²) in [6.07, 6.45) is 2.82. The molecule has 0 aromatic heterocycles. The highest BCUT2D eigenvalue weighted by Gasteiger charge is 2.34. The number of piperidine rings is 1. The molecular weight excluding hydrogens is 238 g/mol. The predicted octanol–water partition coefficient (Wildman–Crippen LogP) is -0.261. The van der Waals surface area contributed by atoms with E-state index in [4.69, 9.17) is 5.14 Å². The van der Waals surface area contributed by atoms with Crippen LogP contribution in [0.4, 0.5) is 0 Å². The van der Waals surface area contributed by atoms with Crippen LogP contribution < -0.4 is 10.5 Å². The molecule has 2 saturated heterocycles. The average molecular weight is 261 g/mol. The molecule has 100 valence electrons. The Labute approximate surface area is 104 Å². The van der Waals surface area contributed by atoms with Crippen molar-refractivity contribution < 1.29 is 8.42 Å². The summed E-state index contributed by atoms with van der Waals surface area (Å²) >= 11 is 0. The SMILES string of the molecule is CC1(CN2CCCC(S(N)(=O)=O)C2)CCNC1. The number of hydrogen-bond donors (Lipinski definition) is 2. The number of likely N-dealkylation sites (tertiary alicyclic amines) is 1. The molecule has 2 heterocycles. The van der Waals surface area contributed by atoms with E-state index in [0.717, 1.165) is 32.6 Å². The molecule has 0 amide bonds. The third kappa shape index (κ3) is 3.40. The Bertz CT molecular complexity index is 363. The highest BCUT2D eigenvalue weighted by Crippen LogP contribution is 2.27. The van der Waals surface area contributed by atoms with Crippen LogP contribution in [0.5, 0.6) is 0 Å². The van der Waals surface area contributed by atoms with E-state index in [9.17, 15) is 8.42 Å². The summed E-state index contributed by atoms with van der Waals surface area (Å²) in [5, 5.41) is 8.25. The van der Waals surface area contributed by atoms with Gasteiger partial charge in [0.1, 0.15) is 0 Å². The molecule has 0 aromatic carbocycles. The van der Waals surface area contributed by atoms with Gasteiger partial charge in [-0.05, 0) is 37.8 Å². The van der Waals surface area contributed by atoms with Gasteiger partial charge in [-0.25, -0.2) is 13.6 Å². The molecule has 6 heteroatoms. The second-order valence-corrected chi connectivity index (χ2v) is 7.67. The van der Waals surface area contributed by atoms with E-state index in [-0.39, 0.29) is 5.25 Å². The lowest BCUT2D eigenvalue weighted by Gasteiger charge is -2.36. The van der Waals surface area contributed by atoms with Gasteiger partial charge in [0.25, 0.3) is 0 Å². The third-order valence-corrected chi connectivity index (χ3v) is 5.30. The molecule has 0 bridgehead atoms. The number of hydrogen-bond acceptors (Lipinski definition) is 4. The van der Waals surface area contributed by atoms with Crippen LogP contribution in [0.15, 0.2) is 0 Å². The van der Waals surface area contributed by atoms with Gasteiger partial charge in [-0.1, -0.05) is 6.92 Å². The van der Waals surface area contributed by atoms with Gasteiger partial charge < -0.3 is 10.2 Å². The Morgan fingerprint density at radius 2 is 2.29 bits per heavy atom. The molecular formula is C11H23N3O2S. The first-order chi connectivity index (χ1) is 7.89. The van der Waals surface area contributed by atoms with Crippen LogP contribution in [0, 0.1) is 5.41 Å². The summed E-state index contributed by atoms with van der Waals surface area (Å²) in [5.74, 6) is 0. The summed E-state index contributed by atoms with van der Waals surface area (Å²) in [6, 6.07) is 0. The van der Waals surface area contributed by atoms with Gasteiger partial charge in [0, 0.05) is 19.6 Å². The lowest BCUT2D eigenvalue weighted by molar-refractivity contribution is 0.154. The Morgan fingerprint density at radius 1 is 1.53 bits per heavy atom. The summed E-state index contributed by atoms with van der Waals surface area (Å²) < 4.78 is 22.8. The van der Waals surface area contributed by atoms with Gasteiger partial charge in [-0.3, -0.25) is 0 Å². The highest BCUT2D eigenvalue weighted by atomic mass is 32.2. The quantitative estimate of drug-likeness (QED) is 0.734. The maximum absolute atomic E-state index is 11.4. The number of nitrogens with zero attached hydrogens (tertiary/aromatic N) is 1. The summed E-state index contributed by atoms with van der Waals surface area (Å²) in [7, 11) is -3.37. The molecule has 2 unspecified atom stereocenters. The Hall–Kier alpha value is -0.170. The summed E-state index contributed by atoms with van der Waals surface area (Å²) in [5.41, 5.74) is 0.292. The van der Waals surface area contributed by atoms with E-state index >= 15 is 0 Å². The lowest BCUT2D eigenvalue weighted by Crippen LogP contribution is -2.48. The summed E-state index contributed by atoms with van der Waals surface area (Å²) in [6.45, 7) is 6.96. The largest absolute Gasteiger partial charge is 0.316 e. The van der Waals surface area contributed by atoms with Crippen molar-refractivity contribution in [2.24, 2.45) is 10.6 Å². The second-order valence-electron chi connectivity index (χ2n) is 5.83. The normalized spacial score (nSPS) is 36.2. The van der Waals surface area contributed by atoms with Gasteiger partial charge in [-0.2, -0.15) is 0 Å². The molecule has 0 spiro atoms. The van der Waals surface area contributed by atoms with Crippen molar-refractivity contribution in [3.8, 4) is 0 Å². The molecule has 17 heavy (non-hydrogen) atoms. The van der Waals surface area contributed by atoms with Crippen molar-refractivity contribution in [1.82, 2.24) is 10.2 Å². The number of primary sulfonamides is 1. The van der Waals surface area contributed by atoms with Crippen molar-refractivity contribution in [3.63, 3.8) is 0 Å². The standard InChI is InChI=1S/C11H23N3O2S/c1-11(4-5-13-8-11)9-14-6-2-3-10(7-14)17(12,15)16/h10,13H,2-9H2,1H3,(H2,12,15,16). The molecule has 3 N–H and O–H groups in total. The molecule has 0 aromatic rings. The molecule has 2 aliphatic rings. The van der Waals surface area contributed by atoms with Crippen molar-refractivity contribution in [1.29, 1.82) is 0 Å². The van der Waals surface area contributed by atoms with Crippen LogP contribution in [0.25, 0.3) is 0 Å². The van der Waals surface area contributed by atoms with Gasteiger partial charge >= 0.3 is 0 Å². The predicted molar refractivity (Wildman–Crippen MR) is 68.2 cm³/mol. The van der Waals surface area contributed by atoms with Crippen LogP contribution in [0.3, 0.4) is 0 Å². The molecule has 5 nitrogen and oxygen atoms in total. The number of sulfonamides is 1. The van der Waals surface area contributed by atoms with E-state index in [1.165, 1.54) is 6.42 Å². The van der Waals surface area contributed by atoms with E-state index in [2.05, 4.69) is 17.1 Å². The molecule has 2 rings (SSSR count). The fourth-order valence-corrected chi connectivity index (χ4v) is 3.88. The van der Waals surface area contributed by atoms with Crippen molar-refractivity contribution in [3.05, 3.63) is 0 Å². The van der Waals surface area contributed by atoms with Crippen molar-refractivity contribution in [2.75, 3.05) is 32.7 Å². The number of nitrogens with one attached hydrogen (secondary N) is 1. The third-order valence-electron chi connectivity index (χ3n) is 3.99. The van der Waals surface area contributed by atoms with E-state index in [0.29, 0.717) is 18.4 Å². The Morgan fingerprint density at radius 3 is 2.88 bits per heavy atom. The fourth-order valence-electron chi connectivity index (χ4n) is 2.97. The average Bonchev–Trinajstić information content (AvgIpc) is 2.64. The maximum atomic E-state index is 11.4. The van der Waals surface area contributed by atoms with Crippen molar-refractivity contribution in [2.45, 2.75) is 31.4 Å². The molecule has 2 atom stereocenters. The Balaban J connectivity index is 1.94. The van der Waals surface area contributed by atoms with Crippen LogP contribution in [-0.2, 0) is 10.0 Å². The highest BCUT2D eigenvalue weighted by molar-refractivity contribution is 7.89. The maximum Gasteiger partial charge on any atom is 0.213 e. The van der Waals surface area contributed by atoms with Crippen LogP contribution in [0.1, 0.15) is 26.2 Å². The second kappa shape index (κ2) is 4.84. The zero-order chi connectivity index (χ0) is 12.5.